The topological polar surface area (TPSA) is 71.3 Å². The molecule has 0 saturated carbocycles. The predicted molar refractivity (Wildman–Crippen MR) is 110 cm³/mol. The van der Waals surface area contributed by atoms with Crippen LogP contribution in [0.5, 0.6) is 0 Å². The predicted octanol–water partition coefficient (Wildman–Crippen LogP) is 4.56. The summed E-state index contributed by atoms with van der Waals surface area (Å²) in [6, 6.07) is 18.0. The summed E-state index contributed by atoms with van der Waals surface area (Å²) in [5.74, 6) is -0.308. The maximum atomic E-state index is 13.0. The molecule has 0 aliphatic heterocycles. The summed E-state index contributed by atoms with van der Waals surface area (Å²) in [6.45, 7) is 3.97. The molecule has 3 aromatic rings. The molecule has 142 valence electrons. The minimum absolute atomic E-state index is 0.106. The molecule has 2 aromatic carbocycles. The van der Waals surface area contributed by atoms with Gasteiger partial charge in [-0.25, -0.2) is 0 Å². The summed E-state index contributed by atoms with van der Waals surface area (Å²) in [6.07, 6.45) is 3.81. The second kappa shape index (κ2) is 8.86. The van der Waals surface area contributed by atoms with Crippen molar-refractivity contribution in [2.24, 2.45) is 0 Å². The maximum absolute atomic E-state index is 13.0. The molecular weight excluding hydrogens is 352 g/mol. The molecule has 0 bridgehead atoms. The first-order valence-electron chi connectivity index (χ1n) is 9.10. The molecule has 0 aliphatic carbocycles. The van der Waals surface area contributed by atoms with Gasteiger partial charge >= 0.3 is 0 Å². The van der Waals surface area contributed by atoms with Crippen molar-refractivity contribution in [3.8, 4) is 0 Å². The van der Waals surface area contributed by atoms with Crippen LogP contribution in [0.4, 0.5) is 5.69 Å². The minimum atomic E-state index is -0.412. The van der Waals surface area contributed by atoms with Crippen molar-refractivity contribution in [1.82, 2.24) is 5.32 Å². The van der Waals surface area contributed by atoms with Gasteiger partial charge in [-0.15, -0.1) is 0 Å². The summed E-state index contributed by atoms with van der Waals surface area (Å²) >= 11 is 0. The third-order valence-corrected chi connectivity index (χ3v) is 4.34. The number of nitrogens with one attached hydrogen (secondary N) is 2. The molecule has 5 nitrogen and oxygen atoms in total. The summed E-state index contributed by atoms with van der Waals surface area (Å²) in [4.78, 5) is 25.6. The van der Waals surface area contributed by atoms with E-state index >= 15 is 0 Å². The Hall–Kier alpha value is -3.60. The number of amides is 2. The lowest BCUT2D eigenvalue weighted by Gasteiger charge is -2.15. The molecule has 0 saturated heterocycles. The number of para-hydroxylation sites is 1. The second-order valence-electron chi connectivity index (χ2n) is 6.31. The van der Waals surface area contributed by atoms with Crippen LogP contribution in [-0.4, -0.2) is 11.8 Å². The molecule has 1 aromatic heterocycles. The zero-order chi connectivity index (χ0) is 19.9. The Morgan fingerprint density at radius 2 is 1.79 bits per heavy atom. The van der Waals surface area contributed by atoms with Gasteiger partial charge in [0.25, 0.3) is 11.8 Å². The summed E-state index contributed by atoms with van der Waals surface area (Å²) < 4.78 is 5.31. The van der Waals surface area contributed by atoms with Crippen molar-refractivity contribution in [3.63, 3.8) is 0 Å². The largest absolute Gasteiger partial charge is 0.465 e. The van der Waals surface area contributed by atoms with Crippen LogP contribution in [0.3, 0.4) is 0 Å². The Morgan fingerprint density at radius 1 is 1.00 bits per heavy atom. The number of rotatable bonds is 6. The van der Waals surface area contributed by atoms with Crippen molar-refractivity contribution < 1.29 is 14.0 Å². The molecule has 0 fully saturated rings. The van der Waals surface area contributed by atoms with E-state index in [1.807, 2.05) is 38.1 Å². The number of hydrogen-bond donors (Lipinski definition) is 2. The van der Waals surface area contributed by atoms with E-state index in [2.05, 4.69) is 10.6 Å². The Balaban J connectivity index is 1.89. The van der Waals surface area contributed by atoms with Gasteiger partial charge in [0.1, 0.15) is 11.5 Å². The number of anilines is 1. The molecule has 5 heteroatoms. The Morgan fingerprint density at radius 3 is 2.46 bits per heavy atom. The van der Waals surface area contributed by atoms with Crippen molar-refractivity contribution in [2.75, 3.05) is 5.32 Å². The summed E-state index contributed by atoms with van der Waals surface area (Å²) in [7, 11) is 0. The second-order valence-corrected chi connectivity index (χ2v) is 6.31. The average Bonchev–Trinajstić information content (AvgIpc) is 3.22. The van der Waals surface area contributed by atoms with Gasteiger partial charge in [-0.1, -0.05) is 43.3 Å². The van der Waals surface area contributed by atoms with Crippen molar-refractivity contribution in [3.05, 3.63) is 95.1 Å². The van der Waals surface area contributed by atoms with Crippen LogP contribution in [0, 0.1) is 6.92 Å². The van der Waals surface area contributed by atoms with E-state index < -0.39 is 5.91 Å². The van der Waals surface area contributed by atoms with E-state index in [1.54, 1.807) is 36.4 Å². The Labute approximate surface area is 164 Å². The van der Waals surface area contributed by atoms with Gasteiger partial charge in [0, 0.05) is 17.3 Å². The van der Waals surface area contributed by atoms with Crippen molar-refractivity contribution in [1.29, 1.82) is 0 Å². The van der Waals surface area contributed by atoms with Crippen LogP contribution in [0.25, 0.3) is 6.08 Å². The molecule has 2 amide bonds. The molecule has 0 atom stereocenters. The lowest BCUT2D eigenvalue weighted by atomic mass is 10.1. The van der Waals surface area contributed by atoms with Crippen LogP contribution >= 0.6 is 0 Å². The number of benzene rings is 2. The standard InChI is InChI=1S/C23H22N2O3/c1-3-17-12-7-9-16(2)21(17)25-23(27)20(15-19-13-8-14-28-19)24-22(26)18-10-5-4-6-11-18/h4-15H,3H2,1-2H3,(H,24,26)(H,25,27)/b20-15-. The monoisotopic (exact) mass is 374 g/mol. The fraction of sp³-hybridized carbons (Fsp3) is 0.130. The number of carbonyl (C=O) groups excluding carboxylic acids is 2. The number of hydrogen-bond acceptors (Lipinski definition) is 3. The number of aryl methyl sites for hydroxylation is 2. The number of carbonyl (C=O) groups is 2. The van der Waals surface area contributed by atoms with E-state index in [-0.39, 0.29) is 11.6 Å². The first kappa shape index (κ1) is 19.2. The fourth-order valence-electron chi connectivity index (χ4n) is 2.84. The van der Waals surface area contributed by atoms with Gasteiger partial charge in [0.2, 0.25) is 0 Å². The smallest absolute Gasteiger partial charge is 0.272 e. The van der Waals surface area contributed by atoms with Gasteiger partial charge < -0.3 is 15.1 Å². The van der Waals surface area contributed by atoms with Crippen molar-refractivity contribution in [2.45, 2.75) is 20.3 Å². The normalized spacial score (nSPS) is 11.1. The fourth-order valence-corrected chi connectivity index (χ4v) is 2.84. The molecule has 0 unspecified atom stereocenters. The first-order chi connectivity index (χ1) is 13.6. The SMILES string of the molecule is CCc1cccc(C)c1NC(=O)/C(=C/c1ccco1)NC(=O)c1ccccc1. The molecule has 1 heterocycles. The van der Waals surface area contributed by atoms with Crippen LogP contribution in [0.15, 0.2) is 77.0 Å². The van der Waals surface area contributed by atoms with E-state index in [1.165, 1.54) is 12.3 Å². The maximum Gasteiger partial charge on any atom is 0.272 e. The van der Waals surface area contributed by atoms with E-state index in [0.717, 1.165) is 23.2 Å². The van der Waals surface area contributed by atoms with Crippen LogP contribution in [-0.2, 0) is 11.2 Å². The molecule has 0 spiro atoms. The molecular formula is C23H22N2O3. The van der Waals surface area contributed by atoms with E-state index in [4.69, 9.17) is 4.42 Å². The van der Waals surface area contributed by atoms with Gasteiger partial charge in [0.05, 0.1) is 6.26 Å². The van der Waals surface area contributed by atoms with Crippen LogP contribution in [0.2, 0.25) is 0 Å². The van der Waals surface area contributed by atoms with Crippen molar-refractivity contribution >= 4 is 23.6 Å². The van der Waals surface area contributed by atoms with Gasteiger partial charge in [0.15, 0.2) is 0 Å². The van der Waals surface area contributed by atoms with Crippen LogP contribution < -0.4 is 10.6 Å². The molecule has 3 rings (SSSR count). The highest BCUT2D eigenvalue weighted by Gasteiger charge is 2.17. The van der Waals surface area contributed by atoms with E-state index in [9.17, 15) is 9.59 Å². The molecule has 0 radical (unpaired) electrons. The van der Waals surface area contributed by atoms with Gasteiger partial charge in [-0.2, -0.15) is 0 Å². The highest BCUT2D eigenvalue weighted by atomic mass is 16.3. The highest BCUT2D eigenvalue weighted by Crippen LogP contribution is 2.22. The third kappa shape index (κ3) is 4.57. The van der Waals surface area contributed by atoms with E-state index in [0.29, 0.717) is 11.3 Å². The van der Waals surface area contributed by atoms with Gasteiger partial charge in [-0.05, 0) is 48.7 Å². The quantitative estimate of drug-likeness (QED) is 0.621. The third-order valence-electron chi connectivity index (χ3n) is 4.34. The first-order valence-corrected chi connectivity index (χ1v) is 9.10. The summed E-state index contributed by atoms with van der Waals surface area (Å²) in [5, 5.41) is 5.63. The lowest BCUT2D eigenvalue weighted by molar-refractivity contribution is -0.113. The molecule has 0 aliphatic rings. The van der Waals surface area contributed by atoms with Gasteiger partial charge in [-0.3, -0.25) is 9.59 Å². The zero-order valence-corrected chi connectivity index (χ0v) is 15.9. The average molecular weight is 374 g/mol. The highest BCUT2D eigenvalue weighted by molar-refractivity contribution is 6.11. The lowest BCUT2D eigenvalue weighted by Crippen LogP contribution is -2.31. The zero-order valence-electron chi connectivity index (χ0n) is 15.9. The molecule has 2 N–H and O–H groups in total. The number of furan rings is 1. The van der Waals surface area contributed by atoms with Crippen LogP contribution in [0.1, 0.15) is 34.2 Å². The Bertz CT molecular complexity index is 990. The molecule has 28 heavy (non-hydrogen) atoms. The Kier molecular flexibility index (Phi) is 6.07. The summed E-state index contributed by atoms with van der Waals surface area (Å²) in [5.41, 5.74) is 3.31. The minimum Gasteiger partial charge on any atom is -0.465 e.